The van der Waals surface area contributed by atoms with Gasteiger partial charge in [0.2, 0.25) is 5.91 Å². The molecule has 1 amide bonds. The molecule has 0 spiro atoms. The zero-order valence-electron chi connectivity index (χ0n) is 20.1. The lowest BCUT2D eigenvalue weighted by Crippen LogP contribution is -2.47. The minimum atomic E-state index is -0.0102. The first-order valence-corrected chi connectivity index (χ1v) is 13.8. The first kappa shape index (κ1) is 23.0. The van der Waals surface area contributed by atoms with E-state index < -0.39 is 0 Å². The zero-order chi connectivity index (χ0) is 24.0. The Kier molecular flexibility index (Phi) is 6.03. The van der Waals surface area contributed by atoms with Crippen molar-refractivity contribution in [3.05, 3.63) is 58.4 Å². The molecule has 0 unspecified atom stereocenters. The zero-order valence-corrected chi connectivity index (χ0v) is 21.7. The maximum absolute atomic E-state index is 13.0. The summed E-state index contributed by atoms with van der Waals surface area (Å²) in [6.07, 6.45) is 17.2. The van der Waals surface area contributed by atoms with Crippen molar-refractivity contribution in [2.45, 2.75) is 64.2 Å². The van der Waals surface area contributed by atoms with Crippen LogP contribution in [0.4, 0.5) is 11.5 Å². The van der Waals surface area contributed by atoms with Crippen LogP contribution in [0, 0.1) is 23.2 Å². The number of amides is 1. The molecule has 1 aromatic heterocycles. The number of hydrogen-bond acceptors (Lipinski definition) is 4. The van der Waals surface area contributed by atoms with Gasteiger partial charge in [-0.25, -0.2) is 9.97 Å². The highest BCUT2D eigenvalue weighted by molar-refractivity contribution is 9.11. The molecular weight excluding hydrogens is 500 g/mol. The van der Waals surface area contributed by atoms with Crippen molar-refractivity contribution in [3.8, 4) is 11.3 Å². The molecule has 1 heterocycles. The Morgan fingerprint density at radius 1 is 1.03 bits per heavy atom. The number of rotatable bonds is 6. The second-order valence-electron chi connectivity index (χ2n) is 11.4. The third-order valence-electron chi connectivity index (χ3n) is 8.59. The monoisotopic (exact) mass is 532 g/mol. The number of carbonyl (C=O) groups is 1. The van der Waals surface area contributed by atoms with Gasteiger partial charge in [0.05, 0.1) is 17.6 Å². The molecule has 2 aromatic rings. The number of nitrogens with two attached hydrogens (primary N) is 1. The number of nitrogen functional groups attached to an aromatic ring is 1. The van der Waals surface area contributed by atoms with E-state index in [1.54, 1.807) is 6.20 Å². The molecule has 4 saturated carbocycles. The molecule has 0 saturated heterocycles. The Bertz CT molecular complexity index is 1160. The van der Waals surface area contributed by atoms with Crippen LogP contribution in [0.2, 0.25) is 0 Å². The van der Waals surface area contributed by atoms with E-state index in [0.29, 0.717) is 17.7 Å². The number of nitrogens with one attached hydrogen (secondary N) is 1. The molecule has 3 N–H and O–H groups in total. The highest BCUT2D eigenvalue weighted by atomic mass is 79.9. The van der Waals surface area contributed by atoms with Crippen molar-refractivity contribution in [1.82, 2.24) is 9.97 Å². The molecule has 182 valence electrons. The SMILES string of the molecule is Nc1ccc(-c2cnc(NC(=O)CC3=CC=C(Br)CC3)c(CC34CC5CC(CC(C5)C3)C4)n2)cc1. The van der Waals surface area contributed by atoms with Crippen LogP contribution in [-0.4, -0.2) is 15.9 Å². The normalized spacial score (nSPS) is 29.0. The van der Waals surface area contributed by atoms with Gasteiger partial charge in [-0.1, -0.05) is 45.8 Å². The maximum Gasteiger partial charge on any atom is 0.229 e. The van der Waals surface area contributed by atoms with Gasteiger partial charge in [0.1, 0.15) is 0 Å². The number of aromatic nitrogens is 2. The lowest BCUT2D eigenvalue weighted by Gasteiger charge is -2.57. The lowest BCUT2D eigenvalue weighted by molar-refractivity contribution is -0.115. The first-order chi connectivity index (χ1) is 16.9. The van der Waals surface area contributed by atoms with Crippen molar-refractivity contribution in [2.75, 3.05) is 11.1 Å². The Labute approximate surface area is 215 Å². The molecule has 0 radical (unpaired) electrons. The van der Waals surface area contributed by atoms with Gasteiger partial charge in [0, 0.05) is 17.7 Å². The fourth-order valence-corrected chi connectivity index (χ4v) is 7.82. The summed E-state index contributed by atoms with van der Waals surface area (Å²) in [6, 6.07) is 7.78. The van der Waals surface area contributed by atoms with E-state index in [1.807, 2.05) is 30.3 Å². The van der Waals surface area contributed by atoms with Gasteiger partial charge in [-0.05, 0) is 97.6 Å². The molecule has 0 atom stereocenters. The number of anilines is 2. The van der Waals surface area contributed by atoms with E-state index in [9.17, 15) is 4.79 Å². The van der Waals surface area contributed by atoms with E-state index in [4.69, 9.17) is 15.7 Å². The summed E-state index contributed by atoms with van der Waals surface area (Å²) in [5.74, 6) is 3.25. The number of allylic oxidation sites excluding steroid dienone is 3. The number of halogens is 1. The fraction of sp³-hybridized carbons (Fsp3) is 0.483. The molecule has 4 bridgehead atoms. The van der Waals surface area contributed by atoms with Crippen LogP contribution in [0.15, 0.2) is 52.7 Å². The Morgan fingerprint density at radius 2 is 1.71 bits per heavy atom. The average Bonchev–Trinajstić information content (AvgIpc) is 2.81. The lowest BCUT2D eigenvalue weighted by atomic mass is 9.48. The van der Waals surface area contributed by atoms with Gasteiger partial charge < -0.3 is 11.1 Å². The molecule has 6 heteroatoms. The van der Waals surface area contributed by atoms with Gasteiger partial charge in [-0.15, -0.1) is 0 Å². The molecule has 4 fully saturated rings. The predicted octanol–water partition coefficient (Wildman–Crippen LogP) is 6.81. The summed E-state index contributed by atoms with van der Waals surface area (Å²) in [5.41, 5.74) is 10.9. The van der Waals surface area contributed by atoms with Crippen molar-refractivity contribution in [2.24, 2.45) is 23.2 Å². The minimum absolute atomic E-state index is 0.0102. The number of nitrogens with zero attached hydrogens (tertiary/aromatic N) is 2. The summed E-state index contributed by atoms with van der Waals surface area (Å²) >= 11 is 3.54. The van der Waals surface area contributed by atoms with E-state index in [0.717, 1.165) is 65.2 Å². The van der Waals surface area contributed by atoms with Gasteiger partial charge >= 0.3 is 0 Å². The van der Waals surface area contributed by atoms with Crippen LogP contribution >= 0.6 is 15.9 Å². The van der Waals surface area contributed by atoms with Crippen LogP contribution in [0.25, 0.3) is 11.3 Å². The molecule has 35 heavy (non-hydrogen) atoms. The van der Waals surface area contributed by atoms with Gasteiger partial charge in [-0.3, -0.25) is 4.79 Å². The predicted molar refractivity (Wildman–Crippen MR) is 144 cm³/mol. The van der Waals surface area contributed by atoms with Crippen molar-refractivity contribution in [1.29, 1.82) is 0 Å². The van der Waals surface area contributed by atoms with Crippen LogP contribution in [0.1, 0.15) is 63.5 Å². The van der Waals surface area contributed by atoms with Gasteiger partial charge in [0.25, 0.3) is 0 Å². The highest BCUT2D eigenvalue weighted by Crippen LogP contribution is 2.61. The van der Waals surface area contributed by atoms with Gasteiger partial charge in [0.15, 0.2) is 5.82 Å². The van der Waals surface area contributed by atoms with Gasteiger partial charge in [-0.2, -0.15) is 0 Å². The van der Waals surface area contributed by atoms with Crippen LogP contribution in [0.5, 0.6) is 0 Å². The molecule has 5 aliphatic carbocycles. The third-order valence-corrected chi connectivity index (χ3v) is 9.25. The summed E-state index contributed by atoms with van der Waals surface area (Å²) in [7, 11) is 0. The molecule has 5 aliphatic rings. The van der Waals surface area contributed by atoms with E-state index in [2.05, 4.69) is 27.3 Å². The van der Waals surface area contributed by atoms with Crippen LogP contribution < -0.4 is 11.1 Å². The standard InChI is InChI=1S/C29H33BrN4O/c30-23-5-1-18(2-6-23)12-27(35)34-28-25(33-26(17-32-28)22-3-7-24(31)8-4-22)16-29-13-19-9-20(14-29)11-21(10-19)15-29/h1,3-5,7-8,17,19-21H,2,6,9-16,31H2,(H,32,34,35). The molecule has 0 aliphatic heterocycles. The summed E-state index contributed by atoms with van der Waals surface area (Å²) < 4.78 is 1.18. The van der Waals surface area contributed by atoms with E-state index in [-0.39, 0.29) is 5.91 Å². The molecule has 1 aromatic carbocycles. The van der Waals surface area contributed by atoms with Crippen LogP contribution in [0.3, 0.4) is 0 Å². The summed E-state index contributed by atoms with van der Waals surface area (Å²) in [4.78, 5) is 22.9. The Balaban J connectivity index is 1.28. The van der Waals surface area contributed by atoms with Crippen molar-refractivity contribution in [3.63, 3.8) is 0 Å². The maximum atomic E-state index is 13.0. The molecule has 5 nitrogen and oxygen atoms in total. The second-order valence-corrected chi connectivity index (χ2v) is 12.4. The topological polar surface area (TPSA) is 80.9 Å². The van der Waals surface area contributed by atoms with Crippen molar-refractivity contribution < 1.29 is 4.79 Å². The largest absolute Gasteiger partial charge is 0.399 e. The number of carbonyl (C=O) groups excluding carboxylic acids is 1. The quantitative estimate of drug-likeness (QED) is 0.400. The van der Waals surface area contributed by atoms with Crippen LogP contribution in [-0.2, 0) is 11.2 Å². The second kappa shape index (κ2) is 9.20. The smallest absolute Gasteiger partial charge is 0.229 e. The number of hydrogen-bond donors (Lipinski definition) is 2. The summed E-state index contributed by atoms with van der Waals surface area (Å²) in [6.45, 7) is 0. The van der Waals surface area contributed by atoms with E-state index >= 15 is 0 Å². The highest BCUT2D eigenvalue weighted by Gasteiger charge is 2.51. The Hall–Kier alpha value is -2.47. The number of benzene rings is 1. The third kappa shape index (κ3) is 4.95. The van der Waals surface area contributed by atoms with E-state index in [1.165, 1.54) is 43.0 Å². The minimum Gasteiger partial charge on any atom is -0.399 e. The molecule has 7 rings (SSSR count). The fourth-order valence-electron chi connectivity index (χ4n) is 7.49. The van der Waals surface area contributed by atoms with Crippen molar-refractivity contribution >= 4 is 33.3 Å². The Morgan fingerprint density at radius 3 is 2.34 bits per heavy atom. The molecular formula is C29H33BrN4O. The first-order valence-electron chi connectivity index (χ1n) is 13.0. The average molecular weight is 534 g/mol. The summed E-state index contributed by atoms with van der Waals surface area (Å²) in [5, 5.41) is 3.13.